The SMILES string of the molecule is O=[N+]([O-])CC(=NCCCOc1cccc(CN2CCCCC2)c1)NC1CCCCCCC1. The zero-order chi connectivity index (χ0) is 22.4. The van der Waals surface area contributed by atoms with Gasteiger partial charge in [0.15, 0.2) is 5.84 Å². The second-order valence-corrected chi connectivity index (χ2v) is 9.19. The lowest BCUT2D eigenvalue weighted by atomic mass is 9.97. The third kappa shape index (κ3) is 9.55. The average Bonchev–Trinajstić information content (AvgIpc) is 2.76. The molecule has 1 N–H and O–H groups in total. The van der Waals surface area contributed by atoms with Crippen molar-refractivity contribution in [2.45, 2.75) is 83.2 Å². The highest BCUT2D eigenvalue weighted by Crippen LogP contribution is 2.18. The molecule has 1 aromatic rings. The number of piperidine rings is 1. The minimum Gasteiger partial charge on any atom is -0.494 e. The minimum atomic E-state index is -0.293. The Kier molecular flexibility index (Phi) is 10.8. The van der Waals surface area contributed by atoms with Gasteiger partial charge in [-0.1, -0.05) is 50.7 Å². The Balaban J connectivity index is 1.42. The van der Waals surface area contributed by atoms with E-state index in [0.717, 1.165) is 31.6 Å². The lowest BCUT2D eigenvalue weighted by Crippen LogP contribution is -2.39. The number of nitrogens with zero attached hydrogens (tertiary/aromatic N) is 3. The van der Waals surface area contributed by atoms with Crippen LogP contribution in [0, 0.1) is 10.1 Å². The molecular weight excluding hydrogens is 404 g/mol. The molecule has 0 radical (unpaired) electrons. The van der Waals surface area contributed by atoms with Crippen molar-refractivity contribution in [2.24, 2.45) is 4.99 Å². The van der Waals surface area contributed by atoms with Crippen LogP contribution in [0.4, 0.5) is 0 Å². The van der Waals surface area contributed by atoms with Crippen LogP contribution >= 0.6 is 0 Å². The van der Waals surface area contributed by atoms with Gasteiger partial charge in [-0.25, -0.2) is 0 Å². The number of hydrogen-bond acceptors (Lipinski definition) is 5. The van der Waals surface area contributed by atoms with Crippen LogP contribution in [0.1, 0.15) is 76.2 Å². The van der Waals surface area contributed by atoms with Crippen molar-refractivity contribution in [2.75, 3.05) is 32.8 Å². The molecule has 0 amide bonds. The Hall–Kier alpha value is -2.15. The Bertz CT molecular complexity index is 711. The first-order chi connectivity index (χ1) is 15.7. The van der Waals surface area contributed by atoms with Gasteiger partial charge in [-0.15, -0.1) is 0 Å². The van der Waals surface area contributed by atoms with Gasteiger partial charge in [-0.05, 0) is 56.5 Å². The summed E-state index contributed by atoms with van der Waals surface area (Å²) in [5.74, 6) is 1.41. The predicted molar refractivity (Wildman–Crippen MR) is 129 cm³/mol. The van der Waals surface area contributed by atoms with E-state index in [4.69, 9.17) is 4.74 Å². The summed E-state index contributed by atoms with van der Waals surface area (Å²) in [7, 11) is 0. The largest absolute Gasteiger partial charge is 0.494 e. The summed E-state index contributed by atoms with van der Waals surface area (Å²) >= 11 is 0. The number of nitro groups is 1. The summed E-state index contributed by atoms with van der Waals surface area (Å²) in [5, 5.41) is 14.5. The van der Waals surface area contributed by atoms with Gasteiger partial charge < -0.3 is 10.1 Å². The molecule has 7 nitrogen and oxygen atoms in total. The first kappa shape index (κ1) is 24.5. The lowest BCUT2D eigenvalue weighted by Gasteiger charge is -2.26. The Labute approximate surface area is 192 Å². The monoisotopic (exact) mass is 444 g/mol. The maximum Gasteiger partial charge on any atom is 0.259 e. The number of benzene rings is 1. The second-order valence-electron chi connectivity index (χ2n) is 9.19. The highest BCUT2D eigenvalue weighted by Gasteiger charge is 2.16. The molecule has 0 spiro atoms. The standard InChI is InChI=1S/C25H40N4O3/c30-29(31)21-25(27-23-12-5-2-1-3-6-13-23)26-15-10-18-32-24-14-9-11-22(19-24)20-28-16-7-4-8-17-28/h9,11,14,19,23H,1-8,10,12-13,15-18,20-21H2,(H,26,27). The quantitative estimate of drug-likeness (QED) is 0.184. The Morgan fingerprint density at radius 2 is 1.81 bits per heavy atom. The molecule has 0 atom stereocenters. The van der Waals surface area contributed by atoms with Gasteiger partial charge in [-0.2, -0.15) is 0 Å². The number of hydrogen-bond donors (Lipinski definition) is 1. The lowest BCUT2D eigenvalue weighted by molar-refractivity contribution is -0.463. The molecule has 0 unspecified atom stereocenters. The van der Waals surface area contributed by atoms with E-state index >= 15 is 0 Å². The highest BCUT2D eigenvalue weighted by atomic mass is 16.6. The van der Waals surface area contributed by atoms with Crippen molar-refractivity contribution in [3.05, 3.63) is 39.9 Å². The van der Waals surface area contributed by atoms with Crippen LogP contribution in [0.5, 0.6) is 5.75 Å². The van der Waals surface area contributed by atoms with E-state index < -0.39 is 0 Å². The molecule has 1 aliphatic carbocycles. The van der Waals surface area contributed by atoms with Gasteiger partial charge >= 0.3 is 0 Å². The highest BCUT2D eigenvalue weighted by molar-refractivity contribution is 5.83. The number of nitrogens with one attached hydrogen (secondary N) is 1. The van der Waals surface area contributed by atoms with Crippen molar-refractivity contribution in [3.8, 4) is 5.75 Å². The van der Waals surface area contributed by atoms with Crippen molar-refractivity contribution in [3.63, 3.8) is 0 Å². The third-order valence-corrected chi connectivity index (χ3v) is 6.38. The van der Waals surface area contributed by atoms with Crippen molar-refractivity contribution >= 4 is 5.84 Å². The van der Waals surface area contributed by atoms with Crippen LogP contribution in [0.3, 0.4) is 0 Å². The molecule has 7 heteroatoms. The summed E-state index contributed by atoms with van der Waals surface area (Å²) in [4.78, 5) is 17.8. The summed E-state index contributed by atoms with van der Waals surface area (Å²) in [6.07, 6.45) is 13.0. The van der Waals surface area contributed by atoms with Crippen LogP contribution in [-0.2, 0) is 6.54 Å². The molecule has 2 aliphatic rings. The van der Waals surface area contributed by atoms with E-state index in [1.165, 1.54) is 70.0 Å². The van der Waals surface area contributed by atoms with E-state index in [1.807, 2.05) is 6.07 Å². The summed E-state index contributed by atoms with van der Waals surface area (Å²) < 4.78 is 5.94. The molecule has 3 rings (SSSR count). The second kappa shape index (κ2) is 14.1. The molecule has 1 aliphatic heterocycles. The smallest absolute Gasteiger partial charge is 0.259 e. The van der Waals surface area contributed by atoms with Crippen LogP contribution in [0.25, 0.3) is 0 Å². The first-order valence-electron chi connectivity index (χ1n) is 12.5. The van der Waals surface area contributed by atoms with Gasteiger partial charge in [0.1, 0.15) is 5.75 Å². The number of rotatable bonds is 10. The molecule has 2 fully saturated rings. The topological polar surface area (TPSA) is 80.0 Å². The fourth-order valence-corrected chi connectivity index (χ4v) is 4.68. The van der Waals surface area contributed by atoms with Crippen molar-refractivity contribution in [1.29, 1.82) is 0 Å². The van der Waals surface area contributed by atoms with Crippen LogP contribution in [0.15, 0.2) is 29.3 Å². The van der Waals surface area contributed by atoms with Gasteiger partial charge in [0.05, 0.1) is 6.61 Å². The van der Waals surface area contributed by atoms with Crippen molar-refractivity contribution < 1.29 is 9.66 Å². The third-order valence-electron chi connectivity index (χ3n) is 6.38. The maximum atomic E-state index is 11.1. The Morgan fingerprint density at radius 1 is 1.09 bits per heavy atom. The molecule has 0 aromatic heterocycles. The molecule has 1 heterocycles. The zero-order valence-corrected chi connectivity index (χ0v) is 19.5. The molecule has 0 bridgehead atoms. The fourth-order valence-electron chi connectivity index (χ4n) is 4.68. The zero-order valence-electron chi connectivity index (χ0n) is 19.5. The first-order valence-corrected chi connectivity index (χ1v) is 12.5. The number of ether oxygens (including phenoxy) is 1. The summed E-state index contributed by atoms with van der Waals surface area (Å²) in [6, 6.07) is 8.66. The molecule has 1 aromatic carbocycles. The van der Waals surface area contributed by atoms with Crippen LogP contribution < -0.4 is 10.1 Å². The van der Waals surface area contributed by atoms with Crippen LogP contribution in [-0.4, -0.2) is 54.5 Å². The molecule has 178 valence electrons. The predicted octanol–water partition coefficient (Wildman–Crippen LogP) is 4.82. The maximum absolute atomic E-state index is 11.1. The summed E-state index contributed by atoms with van der Waals surface area (Å²) in [5.41, 5.74) is 1.29. The molecule has 1 saturated heterocycles. The fraction of sp³-hybridized carbons (Fsp3) is 0.720. The molecule has 1 saturated carbocycles. The van der Waals surface area contributed by atoms with E-state index in [2.05, 4.69) is 33.4 Å². The van der Waals surface area contributed by atoms with Crippen LogP contribution in [0.2, 0.25) is 0 Å². The van der Waals surface area contributed by atoms with E-state index in [9.17, 15) is 10.1 Å². The van der Waals surface area contributed by atoms with E-state index in [0.29, 0.717) is 25.0 Å². The van der Waals surface area contributed by atoms with Gasteiger partial charge in [0.2, 0.25) is 0 Å². The number of likely N-dealkylation sites (tertiary alicyclic amines) is 1. The van der Waals surface area contributed by atoms with Gasteiger partial charge in [0, 0.05) is 30.5 Å². The molecular formula is C25H40N4O3. The van der Waals surface area contributed by atoms with Gasteiger partial charge in [0.25, 0.3) is 6.54 Å². The number of amidine groups is 1. The molecule has 32 heavy (non-hydrogen) atoms. The van der Waals surface area contributed by atoms with Gasteiger partial charge in [-0.3, -0.25) is 20.0 Å². The average molecular weight is 445 g/mol. The normalized spacial score (nSPS) is 19.2. The van der Waals surface area contributed by atoms with E-state index in [-0.39, 0.29) is 11.5 Å². The number of aliphatic imine (C=N–C) groups is 1. The Morgan fingerprint density at radius 3 is 2.56 bits per heavy atom. The van der Waals surface area contributed by atoms with Crippen molar-refractivity contribution in [1.82, 2.24) is 10.2 Å². The summed E-state index contributed by atoms with van der Waals surface area (Å²) in [6.45, 7) is 4.23. The minimum absolute atomic E-state index is 0.226. The van der Waals surface area contributed by atoms with E-state index in [1.54, 1.807) is 0 Å².